The third kappa shape index (κ3) is 5.76. The molecule has 4 heteroatoms. The number of ether oxygens (including phenoxy) is 2. The van der Waals surface area contributed by atoms with E-state index in [4.69, 9.17) is 21.1 Å². The monoisotopic (exact) mass is 313 g/mol. The molecule has 0 aromatic heterocycles. The average molecular weight is 314 g/mol. The fourth-order valence-corrected chi connectivity index (χ4v) is 2.61. The molecule has 0 fully saturated rings. The first-order valence-corrected chi connectivity index (χ1v) is 8.17. The second-order valence-electron chi connectivity index (χ2n) is 5.37. The summed E-state index contributed by atoms with van der Waals surface area (Å²) in [4.78, 5) is 0. The number of benzene rings is 1. The number of halogens is 1. The molecule has 0 bridgehead atoms. The highest BCUT2D eigenvalue weighted by Crippen LogP contribution is 2.37. The summed E-state index contributed by atoms with van der Waals surface area (Å²) in [7, 11) is 3.56. The van der Waals surface area contributed by atoms with Crippen LogP contribution in [0.1, 0.15) is 45.1 Å². The van der Waals surface area contributed by atoms with Gasteiger partial charge in [0, 0.05) is 6.54 Å². The highest BCUT2D eigenvalue weighted by atomic mass is 35.5. The maximum Gasteiger partial charge on any atom is 0.179 e. The minimum absolute atomic E-state index is 0.572. The van der Waals surface area contributed by atoms with Crippen LogP contribution in [0.3, 0.4) is 0 Å². The first-order valence-electron chi connectivity index (χ1n) is 7.79. The van der Waals surface area contributed by atoms with Gasteiger partial charge in [-0.05, 0) is 37.1 Å². The van der Waals surface area contributed by atoms with Crippen LogP contribution < -0.4 is 14.8 Å². The van der Waals surface area contributed by atoms with Crippen LogP contribution in [0.25, 0.3) is 0 Å². The molecule has 0 amide bonds. The van der Waals surface area contributed by atoms with Gasteiger partial charge < -0.3 is 14.8 Å². The molecule has 3 nitrogen and oxygen atoms in total. The number of unbranched alkanes of at least 4 members (excludes halogenated alkanes) is 1. The van der Waals surface area contributed by atoms with E-state index in [1.165, 1.54) is 19.3 Å². The number of rotatable bonds is 10. The zero-order valence-corrected chi connectivity index (χ0v) is 14.4. The van der Waals surface area contributed by atoms with E-state index in [-0.39, 0.29) is 0 Å². The Labute approximate surface area is 134 Å². The van der Waals surface area contributed by atoms with Crippen molar-refractivity contribution in [2.24, 2.45) is 5.92 Å². The molecule has 0 radical (unpaired) electrons. The SMILES string of the molecule is CCCCC(CC)COc1c(Cl)cc(CNC)cc1OC. The zero-order valence-electron chi connectivity index (χ0n) is 13.7. The van der Waals surface area contributed by atoms with Gasteiger partial charge in [-0.25, -0.2) is 0 Å². The number of methoxy groups -OCH3 is 1. The Bertz CT molecular complexity index is 423. The predicted octanol–water partition coefficient (Wildman–Crippen LogP) is 4.66. The van der Waals surface area contributed by atoms with E-state index < -0.39 is 0 Å². The third-order valence-corrected chi connectivity index (χ3v) is 3.96. The summed E-state index contributed by atoms with van der Waals surface area (Å²) in [5, 5.41) is 3.73. The molecule has 0 aliphatic heterocycles. The minimum Gasteiger partial charge on any atom is -0.493 e. The number of hydrogen-bond donors (Lipinski definition) is 1. The molecule has 0 aliphatic carbocycles. The summed E-state index contributed by atoms with van der Waals surface area (Å²) >= 11 is 6.35. The van der Waals surface area contributed by atoms with Gasteiger partial charge in [-0.2, -0.15) is 0 Å². The Kier molecular flexibility index (Phi) is 8.55. The highest BCUT2D eigenvalue weighted by Gasteiger charge is 2.14. The molecule has 0 heterocycles. The van der Waals surface area contributed by atoms with E-state index in [0.717, 1.165) is 18.5 Å². The van der Waals surface area contributed by atoms with Crippen LogP contribution in [0.15, 0.2) is 12.1 Å². The van der Waals surface area contributed by atoms with E-state index in [9.17, 15) is 0 Å². The van der Waals surface area contributed by atoms with Gasteiger partial charge in [0.25, 0.3) is 0 Å². The molecule has 1 aromatic rings. The number of nitrogens with one attached hydrogen (secondary N) is 1. The topological polar surface area (TPSA) is 30.5 Å². The summed E-state index contributed by atoms with van der Waals surface area (Å²) < 4.78 is 11.4. The summed E-state index contributed by atoms with van der Waals surface area (Å²) in [5.74, 6) is 1.94. The molecule has 1 atom stereocenters. The molecular formula is C17H28ClNO2. The molecular weight excluding hydrogens is 286 g/mol. The van der Waals surface area contributed by atoms with Crippen molar-refractivity contribution in [3.05, 3.63) is 22.7 Å². The van der Waals surface area contributed by atoms with E-state index >= 15 is 0 Å². The van der Waals surface area contributed by atoms with Crippen molar-refractivity contribution in [3.63, 3.8) is 0 Å². The summed E-state index contributed by atoms with van der Waals surface area (Å²) in [5.41, 5.74) is 1.09. The summed E-state index contributed by atoms with van der Waals surface area (Å²) in [6.45, 7) is 5.87. The maximum atomic E-state index is 6.35. The summed E-state index contributed by atoms with van der Waals surface area (Å²) in [6.07, 6.45) is 4.79. The van der Waals surface area contributed by atoms with Gasteiger partial charge in [-0.3, -0.25) is 0 Å². The molecule has 0 saturated carbocycles. The van der Waals surface area contributed by atoms with Crippen molar-refractivity contribution in [1.29, 1.82) is 0 Å². The Morgan fingerprint density at radius 1 is 1.29 bits per heavy atom. The van der Waals surface area contributed by atoms with E-state index in [1.54, 1.807) is 7.11 Å². The number of hydrogen-bond acceptors (Lipinski definition) is 3. The van der Waals surface area contributed by atoms with Crippen LogP contribution in [0.2, 0.25) is 5.02 Å². The fraction of sp³-hybridized carbons (Fsp3) is 0.647. The van der Waals surface area contributed by atoms with Gasteiger partial charge >= 0.3 is 0 Å². The Morgan fingerprint density at radius 3 is 2.62 bits per heavy atom. The first kappa shape index (κ1) is 18.1. The second kappa shape index (κ2) is 9.91. The van der Waals surface area contributed by atoms with Crippen molar-refractivity contribution < 1.29 is 9.47 Å². The standard InChI is InChI=1S/C17H28ClNO2/c1-5-7-8-13(6-2)12-21-17-15(18)9-14(11-19-3)10-16(17)20-4/h9-10,13,19H,5-8,11-12H2,1-4H3. The average Bonchev–Trinajstić information content (AvgIpc) is 2.48. The van der Waals surface area contributed by atoms with Crippen LogP contribution in [0, 0.1) is 5.92 Å². The first-order chi connectivity index (χ1) is 10.2. The normalized spacial score (nSPS) is 12.2. The quantitative estimate of drug-likeness (QED) is 0.681. The van der Waals surface area contributed by atoms with E-state index in [1.807, 2.05) is 19.2 Å². The van der Waals surface area contributed by atoms with Crippen molar-refractivity contribution in [2.75, 3.05) is 20.8 Å². The molecule has 1 aromatic carbocycles. The lowest BCUT2D eigenvalue weighted by molar-refractivity contribution is 0.224. The molecule has 1 unspecified atom stereocenters. The van der Waals surface area contributed by atoms with E-state index in [2.05, 4.69) is 19.2 Å². The Hall–Kier alpha value is -0.930. The molecule has 0 spiro atoms. The van der Waals surface area contributed by atoms with Gasteiger partial charge in [0.1, 0.15) is 0 Å². The maximum absolute atomic E-state index is 6.35. The Balaban J connectivity index is 2.77. The molecule has 1 rings (SSSR count). The van der Waals surface area contributed by atoms with Crippen LogP contribution in [0.5, 0.6) is 11.5 Å². The molecule has 1 N–H and O–H groups in total. The van der Waals surface area contributed by atoms with Crippen LogP contribution >= 0.6 is 11.6 Å². The minimum atomic E-state index is 0.572. The lowest BCUT2D eigenvalue weighted by atomic mass is 10.0. The van der Waals surface area contributed by atoms with Crippen LogP contribution in [-0.2, 0) is 6.54 Å². The van der Waals surface area contributed by atoms with Crippen molar-refractivity contribution in [1.82, 2.24) is 5.32 Å². The molecule has 0 saturated heterocycles. The molecule has 0 aliphatic rings. The van der Waals surface area contributed by atoms with Gasteiger partial charge in [0.15, 0.2) is 11.5 Å². The zero-order chi connectivity index (χ0) is 15.7. The second-order valence-corrected chi connectivity index (χ2v) is 5.77. The van der Waals surface area contributed by atoms with Crippen molar-refractivity contribution in [2.45, 2.75) is 46.1 Å². The third-order valence-electron chi connectivity index (χ3n) is 3.68. The van der Waals surface area contributed by atoms with Gasteiger partial charge in [0.05, 0.1) is 18.7 Å². The van der Waals surface area contributed by atoms with Gasteiger partial charge in [-0.1, -0.05) is 44.7 Å². The Morgan fingerprint density at radius 2 is 2.05 bits per heavy atom. The highest BCUT2D eigenvalue weighted by molar-refractivity contribution is 6.32. The van der Waals surface area contributed by atoms with Crippen LogP contribution in [-0.4, -0.2) is 20.8 Å². The fourth-order valence-electron chi connectivity index (χ4n) is 2.32. The van der Waals surface area contributed by atoms with Crippen molar-refractivity contribution >= 4 is 11.6 Å². The largest absolute Gasteiger partial charge is 0.493 e. The van der Waals surface area contributed by atoms with E-state index in [0.29, 0.717) is 29.0 Å². The predicted molar refractivity (Wildman–Crippen MR) is 89.6 cm³/mol. The molecule has 120 valence electrons. The molecule has 21 heavy (non-hydrogen) atoms. The smallest absolute Gasteiger partial charge is 0.179 e. The van der Waals surface area contributed by atoms with Crippen molar-refractivity contribution in [3.8, 4) is 11.5 Å². The lowest BCUT2D eigenvalue weighted by Gasteiger charge is -2.18. The van der Waals surface area contributed by atoms with Gasteiger partial charge in [-0.15, -0.1) is 0 Å². The van der Waals surface area contributed by atoms with Crippen LogP contribution in [0.4, 0.5) is 0 Å². The van der Waals surface area contributed by atoms with Gasteiger partial charge in [0.2, 0.25) is 0 Å². The summed E-state index contributed by atoms with van der Waals surface area (Å²) in [6, 6.07) is 3.91. The lowest BCUT2D eigenvalue weighted by Crippen LogP contribution is -2.12.